The van der Waals surface area contributed by atoms with E-state index in [9.17, 15) is 8.42 Å². The molecule has 0 saturated carbocycles. The van der Waals surface area contributed by atoms with Crippen LogP contribution in [0.4, 0.5) is 0 Å². The van der Waals surface area contributed by atoms with Crippen LogP contribution < -0.4 is 5.73 Å². The van der Waals surface area contributed by atoms with Gasteiger partial charge < -0.3 is 5.73 Å². The predicted molar refractivity (Wildman–Crippen MR) is 43.6 cm³/mol. The molecule has 1 fully saturated rings. The SMILES string of the molecule is CS(=O)(=O)N1CC[C@H](CN)C1. The lowest BCUT2D eigenvalue weighted by molar-refractivity contribution is 0.464. The lowest BCUT2D eigenvalue weighted by atomic mass is 10.1. The molecule has 1 atom stereocenters. The Morgan fingerprint density at radius 2 is 2.27 bits per heavy atom. The van der Waals surface area contributed by atoms with Crippen molar-refractivity contribution >= 4 is 10.0 Å². The number of hydrogen-bond donors (Lipinski definition) is 1. The second-order valence-electron chi connectivity index (χ2n) is 3.01. The highest BCUT2D eigenvalue weighted by atomic mass is 32.2. The van der Waals surface area contributed by atoms with Crippen molar-refractivity contribution in [1.82, 2.24) is 4.31 Å². The molecule has 1 saturated heterocycles. The van der Waals surface area contributed by atoms with Crippen molar-refractivity contribution in [3.63, 3.8) is 0 Å². The van der Waals surface area contributed by atoms with E-state index in [1.807, 2.05) is 0 Å². The zero-order valence-corrected chi connectivity index (χ0v) is 7.47. The van der Waals surface area contributed by atoms with Crippen molar-refractivity contribution in [3.05, 3.63) is 0 Å². The van der Waals surface area contributed by atoms with Gasteiger partial charge >= 0.3 is 0 Å². The summed E-state index contributed by atoms with van der Waals surface area (Å²) in [7, 11) is -2.97. The summed E-state index contributed by atoms with van der Waals surface area (Å²) in [4.78, 5) is 0. The molecule has 0 amide bonds. The Kier molecular flexibility index (Phi) is 2.51. The molecule has 0 aliphatic carbocycles. The second-order valence-corrected chi connectivity index (χ2v) is 4.99. The van der Waals surface area contributed by atoms with E-state index in [0.29, 0.717) is 25.6 Å². The molecule has 1 aliphatic rings. The third-order valence-corrected chi connectivity index (χ3v) is 3.32. The maximum Gasteiger partial charge on any atom is 0.211 e. The van der Waals surface area contributed by atoms with Gasteiger partial charge in [0.2, 0.25) is 10.0 Å². The van der Waals surface area contributed by atoms with Gasteiger partial charge in [-0.25, -0.2) is 12.7 Å². The summed E-state index contributed by atoms with van der Waals surface area (Å²) in [6, 6.07) is 0. The summed E-state index contributed by atoms with van der Waals surface area (Å²) in [5.41, 5.74) is 5.42. The Labute approximate surface area is 67.4 Å². The molecule has 0 bridgehead atoms. The van der Waals surface area contributed by atoms with Gasteiger partial charge in [-0.2, -0.15) is 0 Å². The van der Waals surface area contributed by atoms with Crippen LogP contribution in [0, 0.1) is 5.92 Å². The topological polar surface area (TPSA) is 63.4 Å². The highest BCUT2D eigenvalue weighted by molar-refractivity contribution is 7.88. The zero-order chi connectivity index (χ0) is 8.48. The van der Waals surface area contributed by atoms with E-state index in [1.54, 1.807) is 0 Å². The molecule has 0 aromatic rings. The molecular formula is C6H14N2O2S. The molecule has 1 heterocycles. The highest BCUT2D eigenvalue weighted by Crippen LogP contribution is 2.16. The Hall–Kier alpha value is -0.130. The highest BCUT2D eigenvalue weighted by Gasteiger charge is 2.27. The smallest absolute Gasteiger partial charge is 0.211 e. The first-order chi connectivity index (χ1) is 5.04. The summed E-state index contributed by atoms with van der Waals surface area (Å²) < 4.78 is 23.5. The summed E-state index contributed by atoms with van der Waals surface area (Å²) in [6.07, 6.45) is 2.15. The molecule has 11 heavy (non-hydrogen) atoms. The van der Waals surface area contributed by atoms with Crippen molar-refractivity contribution in [2.45, 2.75) is 6.42 Å². The fraction of sp³-hybridized carbons (Fsp3) is 1.00. The number of sulfonamides is 1. The maximum atomic E-state index is 11.0. The monoisotopic (exact) mass is 178 g/mol. The molecule has 0 spiro atoms. The van der Waals surface area contributed by atoms with Gasteiger partial charge in [0, 0.05) is 13.1 Å². The van der Waals surface area contributed by atoms with Gasteiger partial charge in [0.05, 0.1) is 6.26 Å². The molecule has 2 N–H and O–H groups in total. The van der Waals surface area contributed by atoms with Gasteiger partial charge in [0.25, 0.3) is 0 Å². The van der Waals surface area contributed by atoms with Crippen LogP contribution in [-0.4, -0.2) is 38.6 Å². The first-order valence-electron chi connectivity index (χ1n) is 3.69. The first-order valence-corrected chi connectivity index (χ1v) is 5.54. The van der Waals surface area contributed by atoms with Crippen molar-refractivity contribution < 1.29 is 8.42 Å². The largest absolute Gasteiger partial charge is 0.330 e. The summed E-state index contributed by atoms with van der Waals surface area (Å²) in [5, 5.41) is 0. The van der Waals surface area contributed by atoms with E-state index in [2.05, 4.69) is 0 Å². The summed E-state index contributed by atoms with van der Waals surface area (Å²) >= 11 is 0. The van der Waals surface area contributed by atoms with E-state index in [1.165, 1.54) is 10.6 Å². The number of hydrogen-bond acceptors (Lipinski definition) is 3. The molecule has 4 nitrogen and oxygen atoms in total. The van der Waals surface area contributed by atoms with Crippen molar-refractivity contribution in [2.24, 2.45) is 11.7 Å². The fourth-order valence-corrected chi connectivity index (χ4v) is 2.21. The average molecular weight is 178 g/mol. The Morgan fingerprint density at radius 1 is 1.64 bits per heavy atom. The van der Waals surface area contributed by atoms with Crippen LogP contribution in [0.15, 0.2) is 0 Å². The average Bonchev–Trinajstić information content (AvgIpc) is 2.32. The van der Waals surface area contributed by atoms with E-state index in [4.69, 9.17) is 5.73 Å². The molecule has 0 aromatic heterocycles. The van der Waals surface area contributed by atoms with Crippen LogP contribution in [-0.2, 0) is 10.0 Å². The maximum absolute atomic E-state index is 11.0. The van der Waals surface area contributed by atoms with Crippen LogP contribution in [0.5, 0.6) is 0 Å². The second kappa shape index (κ2) is 3.08. The van der Waals surface area contributed by atoms with Crippen LogP contribution in [0.25, 0.3) is 0 Å². The van der Waals surface area contributed by atoms with Gasteiger partial charge in [0.1, 0.15) is 0 Å². The fourth-order valence-electron chi connectivity index (χ4n) is 1.29. The Bertz CT molecular complexity index is 225. The minimum absolute atomic E-state index is 0.365. The van der Waals surface area contributed by atoms with Gasteiger partial charge in [-0.3, -0.25) is 0 Å². The minimum Gasteiger partial charge on any atom is -0.330 e. The van der Waals surface area contributed by atoms with Crippen LogP contribution in [0.2, 0.25) is 0 Å². The molecular weight excluding hydrogens is 164 g/mol. The number of rotatable bonds is 2. The van der Waals surface area contributed by atoms with Crippen molar-refractivity contribution in [2.75, 3.05) is 25.9 Å². The molecule has 5 heteroatoms. The Morgan fingerprint density at radius 3 is 2.55 bits per heavy atom. The minimum atomic E-state index is -2.97. The summed E-state index contributed by atoms with van der Waals surface area (Å²) in [6.45, 7) is 1.84. The normalized spacial score (nSPS) is 27.6. The Balaban J connectivity index is 2.55. The third-order valence-electron chi connectivity index (χ3n) is 2.05. The van der Waals surface area contributed by atoms with Gasteiger partial charge in [0.15, 0.2) is 0 Å². The van der Waals surface area contributed by atoms with Crippen LogP contribution >= 0.6 is 0 Å². The van der Waals surface area contributed by atoms with Gasteiger partial charge in [-0.1, -0.05) is 0 Å². The van der Waals surface area contributed by atoms with E-state index < -0.39 is 10.0 Å². The number of nitrogens with two attached hydrogens (primary N) is 1. The van der Waals surface area contributed by atoms with Gasteiger partial charge in [-0.15, -0.1) is 0 Å². The molecule has 66 valence electrons. The van der Waals surface area contributed by atoms with Crippen molar-refractivity contribution in [1.29, 1.82) is 0 Å². The summed E-state index contributed by atoms with van der Waals surface area (Å²) in [5.74, 6) is 0.365. The lowest BCUT2D eigenvalue weighted by Crippen LogP contribution is -2.28. The molecule has 0 aromatic carbocycles. The molecule has 1 aliphatic heterocycles. The third kappa shape index (κ3) is 2.15. The van der Waals surface area contributed by atoms with Crippen LogP contribution in [0.3, 0.4) is 0 Å². The molecule has 0 radical (unpaired) electrons. The van der Waals surface area contributed by atoms with E-state index in [-0.39, 0.29) is 0 Å². The molecule has 0 unspecified atom stereocenters. The van der Waals surface area contributed by atoms with Crippen molar-refractivity contribution in [3.8, 4) is 0 Å². The standard InChI is InChI=1S/C6H14N2O2S/c1-11(9,10)8-3-2-6(4-7)5-8/h6H,2-5,7H2,1H3/t6-/m1/s1. The molecule has 1 rings (SSSR count). The number of nitrogens with zero attached hydrogens (tertiary/aromatic N) is 1. The zero-order valence-electron chi connectivity index (χ0n) is 6.66. The van der Waals surface area contributed by atoms with Crippen LogP contribution in [0.1, 0.15) is 6.42 Å². The van der Waals surface area contributed by atoms with E-state index >= 15 is 0 Å². The quantitative estimate of drug-likeness (QED) is 0.603. The lowest BCUT2D eigenvalue weighted by Gasteiger charge is -2.11. The van der Waals surface area contributed by atoms with E-state index in [0.717, 1.165) is 6.42 Å². The first kappa shape index (κ1) is 8.96. The predicted octanol–water partition coefficient (Wildman–Crippen LogP) is -0.773. The van der Waals surface area contributed by atoms with Gasteiger partial charge in [-0.05, 0) is 18.9 Å².